The molecule has 3 rings (SSSR count). The average Bonchev–Trinajstić information content (AvgIpc) is 3.24. The Morgan fingerprint density at radius 3 is 2.70 bits per heavy atom. The van der Waals surface area contributed by atoms with Crippen LogP contribution >= 0.6 is 0 Å². The van der Waals surface area contributed by atoms with Crippen LogP contribution in [0.1, 0.15) is 39.5 Å². The summed E-state index contributed by atoms with van der Waals surface area (Å²) in [6.07, 6.45) is 6.13. The van der Waals surface area contributed by atoms with Gasteiger partial charge in [0.2, 0.25) is 5.96 Å². The van der Waals surface area contributed by atoms with Gasteiger partial charge >= 0.3 is 0 Å². The Morgan fingerprint density at radius 2 is 2.07 bits per heavy atom. The molecule has 1 aliphatic heterocycles. The summed E-state index contributed by atoms with van der Waals surface area (Å²) in [5.41, 5.74) is 6.66. The first-order valence-electron chi connectivity index (χ1n) is 9.35. The molecule has 2 aliphatic rings. The van der Waals surface area contributed by atoms with E-state index in [9.17, 15) is 4.39 Å². The number of hydrogen-bond donors (Lipinski definition) is 3. The summed E-state index contributed by atoms with van der Waals surface area (Å²) in [5, 5.41) is 6.43. The standard InChI is InChI=1S/C20H27FN6/c1-13(2)27-19(24-14(3)23-15-8-4-5-9-15)18(12-22)26-20(27)25-17-11-7-6-10-16(17)21/h6-7,10-13,15,23H,3-5,8-9,22H2,1-2H3,(H,25,26)/b18-12+,24-19+. The van der Waals surface area contributed by atoms with Gasteiger partial charge < -0.3 is 16.4 Å². The highest BCUT2D eigenvalue weighted by atomic mass is 19.1. The SMILES string of the molecule is C=C(/N=C1\C(=C/N)N=C(Nc2ccccc2F)N1C(C)C)NC1CCCC1. The Balaban J connectivity index is 1.84. The molecule has 4 N–H and O–H groups in total. The number of para-hydroxylation sites is 1. The second-order valence-electron chi connectivity index (χ2n) is 7.06. The largest absolute Gasteiger partial charge is 0.403 e. The van der Waals surface area contributed by atoms with Crippen molar-refractivity contribution in [3.63, 3.8) is 0 Å². The van der Waals surface area contributed by atoms with E-state index in [2.05, 4.69) is 27.2 Å². The third kappa shape index (κ3) is 4.30. The predicted molar refractivity (Wildman–Crippen MR) is 109 cm³/mol. The number of rotatable bonds is 5. The number of aliphatic imine (C=N–C) groups is 2. The van der Waals surface area contributed by atoms with E-state index in [1.54, 1.807) is 18.2 Å². The molecule has 7 heteroatoms. The summed E-state index contributed by atoms with van der Waals surface area (Å²) in [5.74, 6) is 1.32. The molecule has 0 saturated heterocycles. The lowest BCUT2D eigenvalue weighted by atomic mass is 10.2. The molecule has 0 amide bonds. The number of amidine groups is 1. The molecule has 1 heterocycles. The molecule has 1 saturated carbocycles. The van der Waals surface area contributed by atoms with Gasteiger partial charge in [0.05, 0.1) is 5.69 Å². The molecular weight excluding hydrogens is 343 g/mol. The van der Waals surface area contributed by atoms with Crippen LogP contribution in [0.5, 0.6) is 0 Å². The van der Waals surface area contributed by atoms with E-state index in [1.165, 1.54) is 25.1 Å². The molecular formula is C20H27FN6. The zero-order valence-electron chi connectivity index (χ0n) is 15.9. The van der Waals surface area contributed by atoms with Crippen LogP contribution in [0.3, 0.4) is 0 Å². The molecule has 27 heavy (non-hydrogen) atoms. The van der Waals surface area contributed by atoms with Gasteiger partial charge in [-0.3, -0.25) is 4.90 Å². The summed E-state index contributed by atoms with van der Waals surface area (Å²) in [6, 6.07) is 6.94. The van der Waals surface area contributed by atoms with Crippen LogP contribution < -0.4 is 16.4 Å². The van der Waals surface area contributed by atoms with Crippen molar-refractivity contribution in [3.8, 4) is 0 Å². The quantitative estimate of drug-likeness (QED) is 0.741. The van der Waals surface area contributed by atoms with Gasteiger partial charge in [-0.15, -0.1) is 0 Å². The number of nitrogens with zero attached hydrogens (tertiary/aromatic N) is 3. The van der Waals surface area contributed by atoms with Crippen LogP contribution in [-0.2, 0) is 0 Å². The fraction of sp³-hybridized carbons (Fsp3) is 0.400. The topological polar surface area (TPSA) is 78.0 Å². The first kappa shape index (κ1) is 18.9. The van der Waals surface area contributed by atoms with Crippen molar-refractivity contribution in [1.82, 2.24) is 10.2 Å². The molecule has 1 aromatic rings. The number of benzene rings is 1. The maximum Gasteiger partial charge on any atom is 0.210 e. The number of hydrogen-bond acceptors (Lipinski definition) is 5. The smallest absolute Gasteiger partial charge is 0.210 e. The van der Waals surface area contributed by atoms with Gasteiger partial charge in [-0.1, -0.05) is 31.6 Å². The molecule has 6 nitrogen and oxygen atoms in total. The normalized spacial score (nSPS) is 20.6. The molecule has 1 aliphatic carbocycles. The third-order valence-electron chi connectivity index (χ3n) is 4.67. The highest BCUT2D eigenvalue weighted by Gasteiger charge is 2.31. The van der Waals surface area contributed by atoms with Gasteiger partial charge in [0, 0.05) is 18.3 Å². The maximum absolute atomic E-state index is 14.1. The van der Waals surface area contributed by atoms with Gasteiger partial charge in [0.15, 0.2) is 5.84 Å². The van der Waals surface area contributed by atoms with Crippen LogP contribution in [0.25, 0.3) is 0 Å². The van der Waals surface area contributed by atoms with E-state index in [1.807, 2.05) is 18.7 Å². The first-order valence-corrected chi connectivity index (χ1v) is 9.35. The summed E-state index contributed by atoms with van der Waals surface area (Å²) in [6.45, 7) is 8.07. The van der Waals surface area contributed by atoms with Crippen molar-refractivity contribution in [2.45, 2.75) is 51.6 Å². The minimum absolute atomic E-state index is 0.0403. The van der Waals surface area contributed by atoms with Crippen molar-refractivity contribution >= 4 is 17.5 Å². The zero-order valence-corrected chi connectivity index (χ0v) is 15.9. The van der Waals surface area contributed by atoms with Crippen LogP contribution in [0.4, 0.5) is 10.1 Å². The highest BCUT2D eigenvalue weighted by Crippen LogP contribution is 2.23. The van der Waals surface area contributed by atoms with Gasteiger partial charge in [-0.05, 0) is 38.8 Å². The Hall–Kier alpha value is -2.83. The van der Waals surface area contributed by atoms with Gasteiger partial charge in [-0.2, -0.15) is 0 Å². The number of halogens is 1. The van der Waals surface area contributed by atoms with Crippen molar-refractivity contribution in [1.29, 1.82) is 0 Å². The minimum atomic E-state index is -0.347. The van der Waals surface area contributed by atoms with E-state index in [4.69, 9.17) is 5.73 Å². The predicted octanol–water partition coefficient (Wildman–Crippen LogP) is 3.52. The molecule has 0 spiro atoms. The van der Waals surface area contributed by atoms with Crippen LogP contribution in [-0.4, -0.2) is 28.8 Å². The van der Waals surface area contributed by atoms with Crippen LogP contribution in [0.2, 0.25) is 0 Å². The molecule has 1 aromatic carbocycles. The van der Waals surface area contributed by atoms with Crippen molar-refractivity contribution in [3.05, 3.63) is 54.4 Å². The summed E-state index contributed by atoms with van der Waals surface area (Å²) in [4.78, 5) is 11.1. The Bertz CT molecular complexity index is 789. The molecule has 0 atom stereocenters. The molecule has 144 valence electrons. The van der Waals surface area contributed by atoms with E-state index >= 15 is 0 Å². The lowest BCUT2D eigenvalue weighted by molar-refractivity contribution is 0.505. The fourth-order valence-corrected chi connectivity index (χ4v) is 3.39. The Morgan fingerprint density at radius 1 is 1.37 bits per heavy atom. The molecule has 1 fully saturated rings. The Kier molecular flexibility index (Phi) is 5.78. The number of nitrogens with two attached hydrogens (primary N) is 1. The number of nitrogens with one attached hydrogen (secondary N) is 2. The van der Waals surface area contributed by atoms with Crippen molar-refractivity contribution in [2.75, 3.05) is 5.32 Å². The van der Waals surface area contributed by atoms with Crippen molar-refractivity contribution < 1.29 is 4.39 Å². The minimum Gasteiger partial charge on any atom is -0.403 e. The average molecular weight is 370 g/mol. The summed E-state index contributed by atoms with van der Waals surface area (Å²) < 4.78 is 14.1. The zero-order chi connectivity index (χ0) is 19.4. The second kappa shape index (κ2) is 8.24. The monoisotopic (exact) mass is 370 g/mol. The van der Waals surface area contributed by atoms with E-state index in [-0.39, 0.29) is 11.9 Å². The van der Waals surface area contributed by atoms with E-state index in [0.717, 1.165) is 12.8 Å². The number of anilines is 1. The maximum atomic E-state index is 14.1. The molecule has 0 aromatic heterocycles. The first-order chi connectivity index (χ1) is 13.0. The van der Waals surface area contributed by atoms with Crippen molar-refractivity contribution in [2.24, 2.45) is 15.7 Å². The lowest BCUT2D eigenvalue weighted by Gasteiger charge is -2.26. The number of guanidine groups is 1. The van der Waals surface area contributed by atoms with Gasteiger partial charge in [0.1, 0.15) is 17.3 Å². The molecule has 0 bridgehead atoms. The fourth-order valence-electron chi connectivity index (χ4n) is 3.39. The third-order valence-corrected chi connectivity index (χ3v) is 4.67. The van der Waals surface area contributed by atoms with E-state index in [0.29, 0.717) is 35.0 Å². The lowest BCUT2D eigenvalue weighted by Crippen LogP contribution is -2.42. The van der Waals surface area contributed by atoms with E-state index < -0.39 is 0 Å². The summed E-state index contributed by atoms with van der Waals surface area (Å²) >= 11 is 0. The van der Waals surface area contributed by atoms with Gasteiger partial charge in [0.25, 0.3) is 0 Å². The van der Waals surface area contributed by atoms with Gasteiger partial charge in [-0.25, -0.2) is 14.4 Å². The van der Waals surface area contributed by atoms with Crippen LogP contribution in [0.15, 0.2) is 58.5 Å². The highest BCUT2D eigenvalue weighted by molar-refractivity contribution is 6.18. The Labute approximate surface area is 159 Å². The molecule has 0 radical (unpaired) electrons. The molecule has 0 unspecified atom stereocenters. The van der Waals surface area contributed by atoms with Crippen LogP contribution in [0, 0.1) is 5.82 Å². The second-order valence-corrected chi connectivity index (χ2v) is 7.06. The summed E-state index contributed by atoms with van der Waals surface area (Å²) in [7, 11) is 0.